The van der Waals surface area contributed by atoms with Crippen LogP contribution in [0.4, 0.5) is 0 Å². The van der Waals surface area contributed by atoms with Gasteiger partial charge in [0.05, 0.1) is 0 Å². The molecule has 0 radical (unpaired) electrons. The summed E-state index contributed by atoms with van der Waals surface area (Å²) in [4.78, 5) is 12.9. The Kier molecular flexibility index (Phi) is 4.40. The van der Waals surface area contributed by atoms with Crippen molar-refractivity contribution in [1.82, 2.24) is 0 Å². The molecule has 0 spiro atoms. The van der Waals surface area contributed by atoms with E-state index in [0.29, 0.717) is 17.6 Å². The maximum atomic E-state index is 12.9. The van der Waals surface area contributed by atoms with Crippen LogP contribution < -0.4 is 4.74 Å². The highest BCUT2D eigenvalue weighted by atomic mass is 16.5. The van der Waals surface area contributed by atoms with Gasteiger partial charge in [-0.15, -0.1) is 0 Å². The third-order valence-corrected chi connectivity index (χ3v) is 4.91. The second-order valence-electron chi connectivity index (χ2n) is 6.55. The van der Waals surface area contributed by atoms with E-state index in [-0.39, 0.29) is 11.7 Å². The van der Waals surface area contributed by atoms with Crippen molar-refractivity contribution in [2.75, 3.05) is 0 Å². The number of carbonyl (C=O) groups is 1. The van der Waals surface area contributed by atoms with Crippen LogP contribution in [0.1, 0.15) is 40.7 Å². The van der Waals surface area contributed by atoms with Gasteiger partial charge in [-0.2, -0.15) is 0 Å². The van der Waals surface area contributed by atoms with Gasteiger partial charge in [0.1, 0.15) is 11.5 Å². The minimum absolute atomic E-state index is 0.0202. The van der Waals surface area contributed by atoms with Crippen molar-refractivity contribution in [3.8, 4) is 5.75 Å². The molecule has 128 valence electrons. The van der Waals surface area contributed by atoms with E-state index < -0.39 is 0 Å². The Labute approximate surface area is 153 Å². The van der Waals surface area contributed by atoms with Gasteiger partial charge in [0.25, 0.3) is 0 Å². The second-order valence-corrected chi connectivity index (χ2v) is 6.55. The van der Waals surface area contributed by atoms with Crippen LogP contribution in [-0.2, 0) is 0 Å². The summed E-state index contributed by atoms with van der Waals surface area (Å²) >= 11 is 0. The molecule has 0 bridgehead atoms. The molecule has 1 aliphatic heterocycles. The fraction of sp³-hybridized carbons (Fsp3) is 0.125. The summed E-state index contributed by atoms with van der Waals surface area (Å²) in [5, 5.41) is 0. The zero-order chi connectivity index (χ0) is 17.9. The van der Waals surface area contributed by atoms with Crippen LogP contribution in [0.25, 0.3) is 0 Å². The van der Waals surface area contributed by atoms with Crippen molar-refractivity contribution in [2.45, 2.75) is 19.3 Å². The second kappa shape index (κ2) is 7.01. The van der Waals surface area contributed by atoms with Gasteiger partial charge in [0, 0.05) is 29.0 Å². The summed E-state index contributed by atoms with van der Waals surface area (Å²) in [7, 11) is 0. The fourth-order valence-corrected chi connectivity index (χ4v) is 3.48. The van der Waals surface area contributed by atoms with Gasteiger partial charge in [0.2, 0.25) is 0 Å². The average molecular weight is 340 g/mol. The number of para-hydroxylation sites is 1. The lowest BCUT2D eigenvalue weighted by Gasteiger charge is -2.29. The lowest BCUT2D eigenvalue weighted by atomic mass is 9.84. The van der Waals surface area contributed by atoms with Crippen LogP contribution in [0.15, 0.2) is 96.3 Å². The number of ether oxygens (including phenoxy) is 1. The molecule has 3 aromatic rings. The SMILES string of the molecule is C/C(C(=O)c1ccccc1)=C1/C[C@@H](c2ccccc2)c2ccccc2O1. The summed E-state index contributed by atoms with van der Waals surface area (Å²) in [5.74, 6) is 1.80. The molecule has 0 saturated heterocycles. The zero-order valence-corrected chi connectivity index (χ0v) is 14.7. The Morgan fingerprint density at radius 1 is 0.846 bits per heavy atom. The summed E-state index contributed by atoms with van der Waals surface area (Å²) in [5.41, 5.74) is 3.77. The lowest BCUT2D eigenvalue weighted by Crippen LogP contribution is -2.17. The normalized spacial score (nSPS) is 17.8. The van der Waals surface area contributed by atoms with Crippen molar-refractivity contribution in [3.05, 3.63) is 113 Å². The number of Topliss-reactive ketones (excluding diaryl/α,β-unsaturated/α-hetero) is 1. The number of carbonyl (C=O) groups excluding carboxylic acids is 1. The molecule has 0 saturated carbocycles. The molecule has 1 aliphatic rings. The maximum Gasteiger partial charge on any atom is 0.192 e. The Morgan fingerprint density at radius 3 is 2.19 bits per heavy atom. The van der Waals surface area contributed by atoms with E-state index >= 15 is 0 Å². The van der Waals surface area contributed by atoms with Crippen LogP contribution in [-0.4, -0.2) is 5.78 Å². The molecule has 2 nitrogen and oxygen atoms in total. The van der Waals surface area contributed by atoms with E-state index in [4.69, 9.17) is 4.74 Å². The third kappa shape index (κ3) is 3.06. The molecule has 1 heterocycles. The summed E-state index contributed by atoms with van der Waals surface area (Å²) in [6.07, 6.45) is 0.686. The first-order valence-electron chi connectivity index (χ1n) is 8.85. The van der Waals surface area contributed by atoms with Crippen LogP contribution in [0, 0.1) is 0 Å². The topological polar surface area (TPSA) is 26.3 Å². The summed E-state index contributed by atoms with van der Waals surface area (Å²) in [6, 6.07) is 27.9. The van der Waals surface area contributed by atoms with E-state index in [1.807, 2.05) is 61.5 Å². The van der Waals surface area contributed by atoms with Gasteiger partial charge in [-0.1, -0.05) is 78.9 Å². The lowest BCUT2D eigenvalue weighted by molar-refractivity contribution is 0.102. The quantitative estimate of drug-likeness (QED) is 0.448. The molecule has 0 N–H and O–H groups in total. The van der Waals surface area contributed by atoms with Gasteiger partial charge in [0.15, 0.2) is 5.78 Å². The van der Waals surface area contributed by atoms with Crippen molar-refractivity contribution >= 4 is 5.78 Å². The van der Waals surface area contributed by atoms with E-state index in [1.54, 1.807) is 0 Å². The number of allylic oxidation sites excluding steroid dienone is 2. The molecule has 2 heteroatoms. The highest BCUT2D eigenvalue weighted by Crippen LogP contribution is 2.42. The van der Waals surface area contributed by atoms with Gasteiger partial charge in [-0.05, 0) is 18.6 Å². The molecule has 0 aliphatic carbocycles. The first-order chi connectivity index (χ1) is 12.7. The van der Waals surface area contributed by atoms with E-state index in [2.05, 4.69) is 30.3 Å². The molecule has 3 aromatic carbocycles. The van der Waals surface area contributed by atoms with Crippen molar-refractivity contribution in [1.29, 1.82) is 0 Å². The summed E-state index contributed by atoms with van der Waals surface area (Å²) < 4.78 is 6.15. The van der Waals surface area contributed by atoms with Crippen LogP contribution >= 0.6 is 0 Å². The molecule has 0 aromatic heterocycles. The number of rotatable bonds is 3. The Hall–Kier alpha value is -3.13. The predicted molar refractivity (Wildman–Crippen MR) is 103 cm³/mol. The third-order valence-electron chi connectivity index (χ3n) is 4.91. The molecule has 0 fully saturated rings. The monoisotopic (exact) mass is 340 g/mol. The smallest absolute Gasteiger partial charge is 0.192 e. The average Bonchev–Trinajstić information content (AvgIpc) is 2.73. The van der Waals surface area contributed by atoms with Gasteiger partial charge in [-0.3, -0.25) is 4.79 Å². The molecule has 4 rings (SSSR count). The summed E-state index contributed by atoms with van der Waals surface area (Å²) in [6.45, 7) is 1.86. The van der Waals surface area contributed by atoms with Crippen molar-refractivity contribution < 1.29 is 9.53 Å². The van der Waals surface area contributed by atoms with Gasteiger partial charge in [-0.25, -0.2) is 0 Å². The van der Waals surface area contributed by atoms with Crippen molar-refractivity contribution in [3.63, 3.8) is 0 Å². The van der Waals surface area contributed by atoms with Crippen LogP contribution in [0.3, 0.4) is 0 Å². The largest absolute Gasteiger partial charge is 0.461 e. The fourth-order valence-electron chi connectivity index (χ4n) is 3.48. The first-order valence-corrected chi connectivity index (χ1v) is 8.85. The van der Waals surface area contributed by atoms with Gasteiger partial charge >= 0.3 is 0 Å². The molecule has 1 atom stereocenters. The zero-order valence-electron chi connectivity index (χ0n) is 14.7. The Balaban J connectivity index is 1.76. The standard InChI is InChI=1S/C24H20O2/c1-17(24(25)19-12-6-3-7-13-19)23-16-21(18-10-4-2-5-11-18)20-14-8-9-15-22(20)26-23/h2-15,21H,16H2,1H3/b23-17+/t21-/m0/s1. The molecule has 0 unspecified atom stereocenters. The highest BCUT2D eigenvalue weighted by Gasteiger charge is 2.28. The van der Waals surface area contributed by atoms with Crippen LogP contribution in [0.2, 0.25) is 0 Å². The maximum absolute atomic E-state index is 12.9. The number of ketones is 1. The molecular weight excluding hydrogens is 320 g/mol. The van der Waals surface area contributed by atoms with E-state index in [1.165, 1.54) is 11.1 Å². The minimum atomic E-state index is 0.0202. The number of hydrogen-bond acceptors (Lipinski definition) is 2. The first kappa shape index (κ1) is 16.3. The number of benzene rings is 3. The number of hydrogen-bond donors (Lipinski definition) is 0. The highest BCUT2D eigenvalue weighted by molar-refractivity contribution is 6.08. The van der Waals surface area contributed by atoms with Crippen molar-refractivity contribution in [2.24, 2.45) is 0 Å². The number of fused-ring (bicyclic) bond motifs is 1. The van der Waals surface area contributed by atoms with Crippen LogP contribution in [0.5, 0.6) is 5.75 Å². The Bertz CT molecular complexity index is 956. The minimum Gasteiger partial charge on any atom is -0.461 e. The van der Waals surface area contributed by atoms with Gasteiger partial charge < -0.3 is 4.74 Å². The van der Waals surface area contributed by atoms with E-state index in [9.17, 15) is 4.79 Å². The molecular formula is C24H20O2. The molecule has 0 amide bonds. The predicted octanol–water partition coefficient (Wildman–Crippen LogP) is 5.76. The Morgan fingerprint density at radius 2 is 1.46 bits per heavy atom. The molecule has 26 heavy (non-hydrogen) atoms. The van der Waals surface area contributed by atoms with E-state index in [0.717, 1.165) is 11.5 Å².